The molecule has 1 aromatic carbocycles. The van der Waals surface area contributed by atoms with Gasteiger partial charge in [0.2, 0.25) is 0 Å². The highest BCUT2D eigenvalue weighted by Crippen LogP contribution is 2.19. The molecule has 0 spiro atoms. The zero-order valence-corrected chi connectivity index (χ0v) is 12.3. The molecule has 0 amide bonds. The fourth-order valence-electron chi connectivity index (χ4n) is 2.28. The Labute approximate surface area is 125 Å². The minimum absolute atomic E-state index is 0.690. The summed E-state index contributed by atoms with van der Waals surface area (Å²) >= 11 is 1.68. The largest absolute Gasteiger partial charge is 0.292 e. The average Bonchev–Trinajstić information content (AvgIpc) is 3.19. The second-order valence-corrected chi connectivity index (χ2v) is 5.89. The number of rotatable bonds is 3. The second kappa shape index (κ2) is 4.82. The van der Waals surface area contributed by atoms with Gasteiger partial charge in [0.05, 0.1) is 24.6 Å². The molecular formula is C15H13N5S. The summed E-state index contributed by atoms with van der Waals surface area (Å²) in [7, 11) is 0. The van der Waals surface area contributed by atoms with E-state index in [1.165, 1.54) is 5.56 Å². The number of hydrogen-bond donors (Lipinski definition) is 0. The van der Waals surface area contributed by atoms with E-state index in [1.54, 1.807) is 11.3 Å². The van der Waals surface area contributed by atoms with E-state index in [0.717, 1.165) is 21.8 Å². The Balaban J connectivity index is 1.62. The van der Waals surface area contributed by atoms with Crippen molar-refractivity contribution in [2.45, 2.75) is 13.5 Å². The number of fused-ring (bicyclic) bond motifs is 1. The van der Waals surface area contributed by atoms with E-state index in [1.807, 2.05) is 23.4 Å². The van der Waals surface area contributed by atoms with Crippen molar-refractivity contribution in [1.29, 1.82) is 0 Å². The number of imidazole rings is 1. The van der Waals surface area contributed by atoms with E-state index >= 15 is 0 Å². The Morgan fingerprint density at radius 3 is 2.90 bits per heavy atom. The van der Waals surface area contributed by atoms with Gasteiger partial charge in [-0.25, -0.2) is 9.67 Å². The third kappa shape index (κ3) is 2.23. The van der Waals surface area contributed by atoms with Crippen LogP contribution in [0.25, 0.3) is 16.1 Å². The van der Waals surface area contributed by atoms with Crippen LogP contribution in [0.4, 0.5) is 0 Å². The molecular weight excluding hydrogens is 282 g/mol. The van der Waals surface area contributed by atoms with Crippen LogP contribution >= 0.6 is 11.3 Å². The number of hydrogen-bond acceptors (Lipinski definition) is 4. The first-order chi connectivity index (χ1) is 10.3. The van der Waals surface area contributed by atoms with Crippen molar-refractivity contribution in [3.05, 3.63) is 59.6 Å². The van der Waals surface area contributed by atoms with Crippen molar-refractivity contribution in [2.75, 3.05) is 0 Å². The molecule has 21 heavy (non-hydrogen) atoms. The summed E-state index contributed by atoms with van der Waals surface area (Å²) in [5.74, 6) is 0. The maximum absolute atomic E-state index is 4.26. The molecule has 3 aromatic heterocycles. The van der Waals surface area contributed by atoms with Gasteiger partial charge in [-0.1, -0.05) is 35.0 Å². The van der Waals surface area contributed by atoms with Crippen LogP contribution in [0, 0.1) is 6.92 Å². The second-order valence-electron chi connectivity index (χ2n) is 5.00. The summed E-state index contributed by atoms with van der Waals surface area (Å²) < 4.78 is 3.94. The lowest BCUT2D eigenvalue weighted by Crippen LogP contribution is -2.02. The van der Waals surface area contributed by atoms with Crippen molar-refractivity contribution in [2.24, 2.45) is 0 Å². The monoisotopic (exact) mass is 295 g/mol. The molecule has 4 aromatic rings. The van der Waals surface area contributed by atoms with Crippen molar-refractivity contribution in [3.63, 3.8) is 0 Å². The molecule has 104 valence electrons. The number of nitrogens with zero attached hydrogens (tertiary/aromatic N) is 5. The van der Waals surface area contributed by atoms with E-state index in [9.17, 15) is 0 Å². The van der Waals surface area contributed by atoms with Crippen LogP contribution in [0.1, 0.15) is 11.3 Å². The van der Waals surface area contributed by atoms with Crippen LogP contribution in [0.3, 0.4) is 0 Å². The summed E-state index contributed by atoms with van der Waals surface area (Å²) in [5, 5.41) is 10.6. The van der Waals surface area contributed by atoms with Gasteiger partial charge in [-0.15, -0.1) is 16.4 Å². The van der Waals surface area contributed by atoms with Gasteiger partial charge in [0.25, 0.3) is 0 Å². The van der Waals surface area contributed by atoms with Crippen molar-refractivity contribution >= 4 is 16.2 Å². The highest BCUT2D eigenvalue weighted by molar-refractivity contribution is 7.15. The van der Waals surface area contributed by atoms with E-state index in [2.05, 4.69) is 56.3 Å². The summed E-state index contributed by atoms with van der Waals surface area (Å²) in [6.45, 7) is 2.77. The average molecular weight is 295 g/mol. The molecule has 0 radical (unpaired) electrons. The molecule has 0 bridgehead atoms. The molecule has 6 heteroatoms. The highest BCUT2D eigenvalue weighted by Gasteiger charge is 2.07. The molecule has 0 saturated carbocycles. The Morgan fingerprint density at radius 2 is 2.05 bits per heavy atom. The van der Waals surface area contributed by atoms with Gasteiger partial charge in [0.1, 0.15) is 16.9 Å². The predicted octanol–water partition coefficient (Wildman–Crippen LogP) is 3.01. The summed E-state index contributed by atoms with van der Waals surface area (Å²) in [6, 6.07) is 8.31. The lowest BCUT2D eigenvalue weighted by atomic mass is 10.1. The molecule has 0 aliphatic carbocycles. The Bertz CT molecular complexity index is 884. The number of aryl methyl sites for hydroxylation is 1. The molecule has 0 unspecified atom stereocenters. The standard InChI is InChI=1S/C15H13N5S/c1-11-2-4-12(5-3-11)14-8-19(18-17-14)7-13-9-21-15-6-16-10-20(13)15/h2-6,8-10H,7H2,1H3. The first-order valence-corrected chi connectivity index (χ1v) is 7.53. The van der Waals surface area contributed by atoms with Gasteiger partial charge >= 0.3 is 0 Å². The fraction of sp³-hybridized carbons (Fsp3) is 0.133. The van der Waals surface area contributed by atoms with Crippen LogP contribution < -0.4 is 0 Å². The molecule has 5 nitrogen and oxygen atoms in total. The van der Waals surface area contributed by atoms with Crippen molar-refractivity contribution in [1.82, 2.24) is 24.4 Å². The molecule has 0 aliphatic rings. The van der Waals surface area contributed by atoms with Crippen LogP contribution in [-0.2, 0) is 6.54 Å². The molecule has 0 N–H and O–H groups in total. The highest BCUT2D eigenvalue weighted by atomic mass is 32.1. The van der Waals surface area contributed by atoms with E-state index in [0.29, 0.717) is 6.54 Å². The number of benzene rings is 1. The SMILES string of the molecule is Cc1ccc(-c2cn(Cc3csc4cncn34)nn2)cc1. The van der Waals surface area contributed by atoms with Crippen molar-refractivity contribution < 1.29 is 0 Å². The summed E-state index contributed by atoms with van der Waals surface area (Å²) in [6.07, 6.45) is 5.68. The van der Waals surface area contributed by atoms with Gasteiger partial charge in [-0.3, -0.25) is 4.40 Å². The summed E-state index contributed by atoms with van der Waals surface area (Å²) in [4.78, 5) is 5.30. The zero-order valence-electron chi connectivity index (χ0n) is 11.5. The summed E-state index contributed by atoms with van der Waals surface area (Å²) in [5.41, 5.74) is 4.39. The lowest BCUT2D eigenvalue weighted by molar-refractivity contribution is 0.636. The van der Waals surface area contributed by atoms with Crippen LogP contribution in [-0.4, -0.2) is 24.4 Å². The number of thiazole rings is 1. The van der Waals surface area contributed by atoms with E-state index < -0.39 is 0 Å². The van der Waals surface area contributed by atoms with Gasteiger partial charge < -0.3 is 0 Å². The quantitative estimate of drug-likeness (QED) is 0.584. The molecule has 3 heterocycles. The minimum Gasteiger partial charge on any atom is -0.292 e. The fourth-order valence-corrected chi connectivity index (χ4v) is 3.13. The van der Waals surface area contributed by atoms with Crippen LogP contribution in [0.2, 0.25) is 0 Å². The van der Waals surface area contributed by atoms with Gasteiger partial charge in [0, 0.05) is 10.9 Å². The maximum atomic E-state index is 4.26. The van der Waals surface area contributed by atoms with Crippen LogP contribution in [0.15, 0.2) is 48.4 Å². The van der Waals surface area contributed by atoms with Gasteiger partial charge in [-0.2, -0.15) is 0 Å². The smallest absolute Gasteiger partial charge is 0.119 e. The molecule has 0 fully saturated rings. The number of aromatic nitrogens is 5. The molecule has 4 rings (SSSR count). The maximum Gasteiger partial charge on any atom is 0.119 e. The van der Waals surface area contributed by atoms with Gasteiger partial charge in [-0.05, 0) is 6.92 Å². The Morgan fingerprint density at radius 1 is 1.19 bits per heavy atom. The molecule has 0 saturated heterocycles. The van der Waals surface area contributed by atoms with Crippen LogP contribution in [0.5, 0.6) is 0 Å². The topological polar surface area (TPSA) is 48.0 Å². The van der Waals surface area contributed by atoms with Gasteiger partial charge in [0.15, 0.2) is 0 Å². The predicted molar refractivity (Wildman–Crippen MR) is 82.4 cm³/mol. The van der Waals surface area contributed by atoms with E-state index in [4.69, 9.17) is 0 Å². The normalized spacial score (nSPS) is 11.3. The van der Waals surface area contributed by atoms with E-state index in [-0.39, 0.29) is 0 Å². The third-order valence-electron chi connectivity index (χ3n) is 3.44. The first kappa shape index (κ1) is 12.3. The Kier molecular flexibility index (Phi) is 2.82. The molecule has 0 aliphatic heterocycles. The lowest BCUT2D eigenvalue weighted by Gasteiger charge is -1.99. The molecule has 0 atom stereocenters. The van der Waals surface area contributed by atoms with Crippen molar-refractivity contribution in [3.8, 4) is 11.3 Å². The minimum atomic E-state index is 0.690. The Hall–Kier alpha value is -2.47. The first-order valence-electron chi connectivity index (χ1n) is 6.65. The third-order valence-corrected chi connectivity index (χ3v) is 4.37. The zero-order chi connectivity index (χ0) is 14.2.